The number of nitrogens with zero attached hydrogens (tertiary/aromatic N) is 1. The minimum absolute atomic E-state index is 0.0820. The third kappa shape index (κ3) is 3.55. The number of hydrogen-bond acceptors (Lipinski definition) is 4. The number of benzene rings is 2. The first-order valence-corrected chi connectivity index (χ1v) is 9.31. The van der Waals surface area contributed by atoms with Crippen molar-refractivity contribution < 1.29 is 18.7 Å². The van der Waals surface area contributed by atoms with Crippen LogP contribution in [0.25, 0.3) is 11.0 Å². The van der Waals surface area contributed by atoms with Gasteiger partial charge in [-0.2, -0.15) is 0 Å². The van der Waals surface area contributed by atoms with E-state index in [1.54, 1.807) is 12.1 Å². The molecular formula is C20H17BrN2O4. The third-order valence-electron chi connectivity index (χ3n) is 4.42. The van der Waals surface area contributed by atoms with Crippen molar-refractivity contribution in [3.63, 3.8) is 0 Å². The number of nitrogens with one attached hydrogen (secondary N) is 1. The molecule has 1 unspecified atom stereocenters. The smallest absolute Gasteiger partial charge is 0.265 e. The van der Waals surface area contributed by atoms with Gasteiger partial charge in [-0.15, -0.1) is 0 Å². The summed E-state index contributed by atoms with van der Waals surface area (Å²) in [4.78, 5) is 26.2. The van der Waals surface area contributed by atoms with Crippen molar-refractivity contribution in [1.82, 2.24) is 5.32 Å². The van der Waals surface area contributed by atoms with Gasteiger partial charge in [-0.3, -0.25) is 14.5 Å². The van der Waals surface area contributed by atoms with Gasteiger partial charge in [-0.25, -0.2) is 0 Å². The summed E-state index contributed by atoms with van der Waals surface area (Å²) in [6, 6.07) is 14.6. The van der Waals surface area contributed by atoms with Crippen molar-refractivity contribution in [3.8, 4) is 5.75 Å². The van der Waals surface area contributed by atoms with Crippen molar-refractivity contribution in [1.29, 1.82) is 0 Å². The van der Waals surface area contributed by atoms with Gasteiger partial charge < -0.3 is 14.5 Å². The lowest BCUT2D eigenvalue weighted by Crippen LogP contribution is -2.45. The highest BCUT2D eigenvalue weighted by Gasteiger charge is 2.28. The highest BCUT2D eigenvalue weighted by Crippen LogP contribution is 2.34. The lowest BCUT2D eigenvalue weighted by atomic mass is 10.2. The molecule has 0 aliphatic carbocycles. The number of anilines is 1. The Bertz CT molecular complexity index is 997. The number of hydrogen-bond donors (Lipinski definition) is 1. The lowest BCUT2D eigenvalue weighted by Gasteiger charge is -2.29. The fourth-order valence-electron chi connectivity index (χ4n) is 3.07. The molecule has 27 heavy (non-hydrogen) atoms. The van der Waals surface area contributed by atoms with Crippen molar-refractivity contribution in [2.45, 2.75) is 13.0 Å². The summed E-state index contributed by atoms with van der Waals surface area (Å²) >= 11 is 3.38. The molecular weight excluding hydrogens is 412 g/mol. The van der Waals surface area contributed by atoms with Gasteiger partial charge in [-0.05, 0) is 37.3 Å². The number of para-hydroxylation sites is 1. The summed E-state index contributed by atoms with van der Waals surface area (Å²) in [7, 11) is 0. The average Bonchev–Trinajstić information content (AvgIpc) is 3.08. The Hall–Kier alpha value is -2.80. The van der Waals surface area contributed by atoms with Crippen LogP contribution in [0, 0.1) is 0 Å². The molecule has 0 radical (unpaired) electrons. The Balaban J connectivity index is 1.48. The number of fused-ring (bicyclic) bond motifs is 2. The van der Waals surface area contributed by atoms with E-state index in [9.17, 15) is 9.59 Å². The van der Waals surface area contributed by atoms with E-state index in [0.717, 1.165) is 15.4 Å². The summed E-state index contributed by atoms with van der Waals surface area (Å²) in [6.07, 6.45) is 0. The molecule has 0 saturated carbocycles. The molecule has 0 saturated heterocycles. The molecule has 1 aliphatic rings. The molecule has 1 atom stereocenters. The molecule has 2 amide bonds. The second-order valence-corrected chi connectivity index (χ2v) is 7.27. The van der Waals surface area contributed by atoms with Crippen LogP contribution >= 0.6 is 15.9 Å². The van der Waals surface area contributed by atoms with Crippen LogP contribution in [0.5, 0.6) is 5.75 Å². The van der Waals surface area contributed by atoms with Gasteiger partial charge in [0.05, 0.1) is 11.7 Å². The van der Waals surface area contributed by atoms with Crippen LogP contribution in [0.4, 0.5) is 5.69 Å². The molecule has 7 heteroatoms. The fraction of sp³-hybridized carbons (Fsp3) is 0.200. The van der Waals surface area contributed by atoms with Gasteiger partial charge in [0.25, 0.3) is 5.91 Å². The molecule has 1 N–H and O–H groups in total. The Morgan fingerprint density at radius 3 is 2.89 bits per heavy atom. The van der Waals surface area contributed by atoms with E-state index in [0.29, 0.717) is 17.2 Å². The second kappa shape index (κ2) is 7.08. The molecule has 1 aliphatic heterocycles. The van der Waals surface area contributed by atoms with Crippen LogP contribution in [-0.2, 0) is 9.59 Å². The summed E-state index contributed by atoms with van der Waals surface area (Å²) in [5.41, 5.74) is 1.36. The number of rotatable bonds is 4. The number of carbonyl (C=O) groups excluding carboxylic acids is 2. The molecule has 138 valence electrons. The quantitative estimate of drug-likeness (QED) is 0.685. The van der Waals surface area contributed by atoms with Crippen molar-refractivity contribution in [2.75, 3.05) is 18.1 Å². The number of ether oxygens (including phenoxy) is 1. The topological polar surface area (TPSA) is 71.8 Å². The lowest BCUT2D eigenvalue weighted by molar-refractivity contribution is -0.125. The van der Waals surface area contributed by atoms with Gasteiger partial charge >= 0.3 is 0 Å². The van der Waals surface area contributed by atoms with Gasteiger partial charge in [0.15, 0.2) is 6.61 Å². The first-order chi connectivity index (χ1) is 13.0. The fourth-order valence-corrected chi connectivity index (χ4v) is 3.41. The van der Waals surface area contributed by atoms with Crippen LogP contribution in [-0.4, -0.2) is 25.0 Å². The predicted molar refractivity (Wildman–Crippen MR) is 105 cm³/mol. The van der Waals surface area contributed by atoms with Gasteiger partial charge in [0, 0.05) is 9.86 Å². The minimum Gasteiger partial charge on any atom is -0.482 e. The van der Waals surface area contributed by atoms with Gasteiger partial charge in [-0.1, -0.05) is 34.1 Å². The Kier molecular flexibility index (Phi) is 4.61. The van der Waals surface area contributed by atoms with Crippen molar-refractivity contribution in [3.05, 3.63) is 58.8 Å². The molecule has 2 aromatic carbocycles. The number of amides is 2. The first kappa shape index (κ1) is 17.6. The van der Waals surface area contributed by atoms with E-state index in [4.69, 9.17) is 9.15 Å². The zero-order valence-electron chi connectivity index (χ0n) is 14.6. The van der Waals surface area contributed by atoms with Crippen molar-refractivity contribution in [2.24, 2.45) is 0 Å². The standard InChI is InChI=1S/C20H17BrN2O4/c1-12(17-8-13-4-2-3-5-16(13)27-17)22-19(24)10-23-15-7-6-14(21)9-18(15)26-11-20(23)25/h2-9,12H,10-11H2,1H3,(H,22,24). The largest absolute Gasteiger partial charge is 0.482 e. The molecule has 2 heterocycles. The van der Waals surface area contributed by atoms with Gasteiger partial charge in [0.2, 0.25) is 5.91 Å². The Morgan fingerprint density at radius 2 is 2.07 bits per heavy atom. The molecule has 0 fully saturated rings. The monoisotopic (exact) mass is 428 g/mol. The Morgan fingerprint density at radius 1 is 1.26 bits per heavy atom. The average molecular weight is 429 g/mol. The highest BCUT2D eigenvalue weighted by atomic mass is 79.9. The molecule has 3 aromatic rings. The van der Waals surface area contributed by atoms with E-state index in [-0.39, 0.29) is 31.0 Å². The summed E-state index contributed by atoms with van der Waals surface area (Å²) in [5.74, 6) is 0.715. The molecule has 1 aromatic heterocycles. The first-order valence-electron chi connectivity index (χ1n) is 8.52. The van der Waals surface area contributed by atoms with E-state index in [2.05, 4.69) is 21.2 Å². The predicted octanol–water partition coefficient (Wildman–Crippen LogP) is 3.80. The van der Waals surface area contributed by atoms with Gasteiger partial charge in [0.1, 0.15) is 23.6 Å². The molecule has 0 spiro atoms. The van der Waals surface area contributed by atoms with Crippen LogP contribution in [0.2, 0.25) is 0 Å². The van der Waals surface area contributed by atoms with E-state index in [1.807, 2.05) is 43.3 Å². The second-order valence-electron chi connectivity index (χ2n) is 6.36. The van der Waals surface area contributed by atoms with Crippen LogP contribution in [0.15, 0.2) is 57.4 Å². The van der Waals surface area contributed by atoms with E-state index in [1.165, 1.54) is 4.90 Å². The third-order valence-corrected chi connectivity index (χ3v) is 4.91. The number of furan rings is 1. The van der Waals surface area contributed by atoms with E-state index < -0.39 is 0 Å². The Labute approximate surface area is 164 Å². The molecule has 0 bridgehead atoms. The minimum atomic E-state index is -0.314. The maximum absolute atomic E-state index is 12.5. The van der Waals surface area contributed by atoms with Crippen LogP contribution in [0.3, 0.4) is 0 Å². The van der Waals surface area contributed by atoms with E-state index >= 15 is 0 Å². The zero-order valence-corrected chi connectivity index (χ0v) is 16.2. The van der Waals surface area contributed by atoms with Crippen molar-refractivity contribution >= 4 is 44.4 Å². The summed E-state index contributed by atoms with van der Waals surface area (Å²) in [6.45, 7) is 1.68. The summed E-state index contributed by atoms with van der Waals surface area (Å²) in [5, 5.41) is 3.87. The maximum Gasteiger partial charge on any atom is 0.265 e. The number of carbonyl (C=O) groups is 2. The highest BCUT2D eigenvalue weighted by molar-refractivity contribution is 9.10. The van der Waals surface area contributed by atoms with Crippen LogP contribution < -0.4 is 15.0 Å². The molecule has 4 rings (SSSR count). The zero-order chi connectivity index (χ0) is 19.0. The SMILES string of the molecule is CC(NC(=O)CN1C(=O)COc2cc(Br)ccc21)c1cc2ccccc2o1. The molecule has 6 nitrogen and oxygen atoms in total. The van der Waals surface area contributed by atoms with Crippen LogP contribution in [0.1, 0.15) is 18.7 Å². The maximum atomic E-state index is 12.5. The number of halogens is 1. The normalized spacial score (nSPS) is 14.6. The summed E-state index contributed by atoms with van der Waals surface area (Å²) < 4.78 is 12.1.